The normalized spacial score (nSPS) is 13.6. The van der Waals surface area contributed by atoms with E-state index in [9.17, 15) is 0 Å². The molecule has 0 aromatic carbocycles. The lowest BCUT2D eigenvalue weighted by molar-refractivity contribution is 0.331. The number of aromatic nitrogens is 2. The lowest BCUT2D eigenvalue weighted by atomic mass is 9.87. The van der Waals surface area contributed by atoms with E-state index < -0.39 is 0 Å². The molecule has 0 saturated heterocycles. The molecule has 0 aliphatic carbocycles. The second-order valence-corrected chi connectivity index (χ2v) is 6.63. The largest absolute Gasteiger partial charge is 0.310 e. The Kier molecular flexibility index (Phi) is 5.92. The van der Waals surface area contributed by atoms with Crippen LogP contribution in [0, 0.1) is 19.3 Å². The highest BCUT2D eigenvalue weighted by Crippen LogP contribution is 2.28. The minimum absolute atomic E-state index is 0.371. The summed E-state index contributed by atoms with van der Waals surface area (Å²) in [5, 5.41) is 12.1. The van der Waals surface area contributed by atoms with Crippen LogP contribution in [-0.4, -0.2) is 16.7 Å². The second-order valence-electron chi connectivity index (χ2n) is 6.63. The first-order valence-electron chi connectivity index (χ1n) is 7.37. The minimum atomic E-state index is 0.371. The van der Waals surface area contributed by atoms with Gasteiger partial charge >= 0.3 is 0 Å². The Balaban J connectivity index is 2.85. The third kappa shape index (κ3) is 5.68. The lowest BCUT2D eigenvalue weighted by Crippen LogP contribution is -2.25. The third-order valence-corrected chi connectivity index (χ3v) is 3.34. The first-order valence-corrected chi connectivity index (χ1v) is 7.37. The van der Waals surface area contributed by atoms with Gasteiger partial charge in [-0.3, -0.25) is 0 Å². The van der Waals surface area contributed by atoms with E-state index in [1.807, 2.05) is 6.92 Å². The monoisotopic (exact) mass is 263 g/mol. The lowest BCUT2D eigenvalue weighted by Gasteiger charge is -2.25. The molecule has 3 heteroatoms. The van der Waals surface area contributed by atoms with Gasteiger partial charge in [-0.05, 0) is 56.7 Å². The first kappa shape index (κ1) is 16.1. The van der Waals surface area contributed by atoms with E-state index in [1.165, 1.54) is 12.0 Å². The zero-order valence-electron chi connectivity index (χ0n) is 13.4. The summed E-state index contributed by atoms with van der Waals surface area (Å²) in [6.45, 7) is 14.2. The summed E-state index contributed by atoms with van der Waals surface area (Å²) in [7, 11) is 0. The SMILES string of the molecule is CCCNC(CCC(C)(C)C)c1cc(C)nnc1C. The van der Waals surface area contributed by atoms with E-state index in [4.69, 9.17) is 0 Å². The summed E-state index contributed by atoms with van der Waals surface area (Å²) in [4.78, 5) is 0. The van der Waals surface area contributed by atoms with E-state index >= 15 is 0 Å². The highest BCUT2D eigenvalue weighted by Gasteiger charge is 2.18. The van der Waals surface area contributed by atoms with E-state index in [-0.39, 0.29) is 0 Å². The maximum Gasteiger partial charge on any atom is 0.0648 e. The minimum Gasteiger partial charge on any atom is -0.310 e. The predicted molar refractivity (Wildman–Crippen MR) is 81.2 cm³/mol. The van der Waals surface area contributed by atoms with Gasteiger partial charge in [-0.15, -0.1) is 0 Å². The molecule has 0 saturated carbocycles. The Hall–Kier alpha value is -0.960. The van der Waals surface area contributed by atoms with Crippen LogP contribution in [0.25, 0.3) is 0 Å². The van der Waals surface area contributed by atoms with Crippen LogP contribution in [-0.2, 0) is 0 Å². The number of hydrogen-bond donors (Lipinski definition) is 1. The Labute approximate surface area is 118 Å². The van der Waals surface area contributed by atoms with Crippen molar-refractivity contribution in [3.05, 3.63) is 23.0 Å². The quantitative estimate of drug-likeness (QED) is 0.844. The van der Waals surface area contributed by atoms with Gasteiger partial charge in [0.1, 0.15) is 0 Å². The van der Waals surface area contributed by atoms with Crippen molar-refractivity contribution in [2.24, 2.45) is 5.41 Å². The molecule has 1 heterocycles. The molecule has 0 amide bonds. The van der Waals surface area contributed by atoms with E-state index in [0.717, 1.165) is 30.8 Å². The molecule has 19 heavy (non-hydrogen) atoms. The molecule has 0 aliphatic rings. The fourth-order valence-electron chi connectivity index (χ4n) is 2.19. The topological polar surface area (TPSA) is 37.8 Å². The molecule has 1 aromatic rings. The van der Waals surface area contributed by atoms with Crippen LogP contribution in [0.2, 0.25) is 0 Å². The van der Waals surface area contributed by atoms with Crippen molar-refractivity contribution in [3.63, 3.8) is 0 Å². The average molecular weight is 263 g/mol. The maximum absolute atomic E-state index is 4.26. The molecule has 108 valence electrons. The van der Waals surface area contributed by atoms with Crippen molar-refractivity contribution in [2.75, 3.05) is 6.54 Å². The molecule has 0 radical (unpaired) electrons. The van der Waals surface area contributed by atoms with Gasteiger partial charge in [-0.2, -0.15) is 10.2 Å². The number of nitrogens with one attached hydrogen (secondary N) is 1. The van der Waals surface area contributed by atoms with Crippen LogP contribution in [0.15, 0.2) is 6.07 Å². The van der Waals surface area contributed by atoms with Crippen molar-refractivity contribution < 1.29 is 0 Å². The second kappa shape index (κ2) is 6.99. The number of rotatable bonds is 6. The molecule has 0 aliphatic heterocycles. The van der Waals surface area contributed by atoms with Gasteiger partial charge in [0.05, 0.1) is 11.4 Å². The van der Waals surface area contributed by atoms with E-state index in [1.54, 1.807) is 0 Å². The number of nitrogens with zero attached hydrogens (tertiary/aromatic N) is 2. The molecule has 0 fully saturated rings. The van der Waals surface area contributed by atoms with Gasteiger partial charge in [0.2, 0.25) is 0 Å². The van der Waals surface area contributed by atoms with Gasteiger partial charge in [0, 0.05) is 6.04 Å². The summed E-state index contributed by atoms with van der Waals surface area (Å²) < 4.78 is 0. The molecule has 0 bridgehead atoms. The number of aryl methyl sites for hydroxylation is 2. The van der Waals surface area contributed by atoms with Crippen molar-refractivity contribution >= 4 is 0 Å². The molecule has 1 atom stereocenters. The molecular formula is C16H29N3. The van der Waals surface area contributed by atoms with Crippen molar-refractivity contribution in [2.45, 2.75) is 66.8 Å². The highest BCUT2D eigenvalue weighted by molar-refractivity contribution is 5.23. The van der Waals surface area contributed by atoms with Crippen LogP contribution in [0.4, 0.5) is 0 Å². The van der Waals surface area contributed by atoms with Gasteiger partial charge in [-0.1, -0.05) is 27.7 Å². The number of hydrogen-bond acceptors (Lipinski definition) is 3. The van der Waals surface area contributed by atoms with Crippen LogP contribution in [0.5, 0.6) is 0 Å². The van der Waals surface area contributed by atoms with Crippen LogP contribution in [0.3, 0.4) is 0 Å². The van der Waals surface area contributed by atoms with Gasteiger partial charge in [0.15, 0.2) is 0 Å². The highest BCUT2D eigenvalue weighted by atomic mass is 15.1. The molecule has 1 aromatic heterocycles. The Bertz CT molecular complexity index is 393. The van der Waals surface area contributed by atoms with E-state index in [0.29, 0.717) is 11.5 Å². The summed E-state index contributed by atoms with van der Waals surface area (Å²) in [6, 6.07) is 2.58. The Morgan fingerprint density at radius 3 is 2.47 bits per heavy atom. The molecule has 1 N–H and O–H groups in total. The van der Waals surface area contributed by atoms with Crippen molar-refractivity contribution in [3.8, 4) is 0 Å². The zero-order valence-corrected chi connectivity index (χ0v) is 13.4. The summed E-state index contributed by atoms with van der Waals surface area (Å²) in [5.41, 5.74) is 3.73. The first-order chi connectivity index (χ1) is 8.83. The third-order valence-electron chi connectivity index (χ3n) is 3.34. The molecule has 1 rings (SSSR count). The standard InChI is InChI=1S/C16H29N3/c1-7-10-17-15(8-9-16(4,5)6)14-11-12(2)18-19-13(14)3/h11,15,17H,7-10H2,1-6H3. The smallest absolute Gasteiger partial charge is 0.0648 e. The van der Waals surface area contributed by atoms with Crippen LogP contribution >= 0.6 is 0 Å². The fraction of sp³-hybridized carbons (Fsp3) is 0.750. The Morgan fingerprint density at radius 1 is 1.21 bits per heavy atom. The molecule has 0 spiro atoms. The fourth-order valence-corrected chi connectivity index (χ4v) is 2.19. The van der Waals surface area contributed by atoms with Gasteiger partial charge in [-0.25, -0.2) is 0 Å². The molecule has 3 nitrogen and oxygen atoms in total. The maximum atomic E-state index is 4.26. The molecular weight excluding hydrogens is 234 g/mol. The van der Waals surface area contributed by atoms with E-state index in [2.05, 4.69) is 56.2 Å². The average Bonchev–Trinajstić information content (AvgIpc) is 2.32. The van der Waals surface area contributed by atoms with Gasteiger partial charge in [0.25, 0.3) is 0 Å². The predicted octanol–water partition coefficient (Wildman–Crippen LogP) is 3.96. The van der Waals surface area contributed by atoms with Crippen LogP contribution in [0.1, 0.15) is 70.0 Å². The molecule has 1 unspecified atom stereocenters. The van der Waals surface area contributed by atoms with Crippen LogP contribution < -0.4 is 5.32 Å². The van der Waals surface area contributed by atoms with Gasteiger partial charge < -0.3 is 5.32 Å². The zero-order chi connectivity index (χ0) is 14.5. The summed E-state index contributed by atoms with van der Waals surface area (Å²) in [6.07, 6.45) is 3.51. The van der Waals surface area contributed by atoms with Crippen molar-refractivity contribution in [1.29, 1.82) is 0 Å². The summed E-state index contributed by atoms with van der Waals surface area (Å²) >= 11 is 0. The van der Waals surface area contributed by atoms with Crippen molar-refractivity contribution in [1.82, 2.24) is 15.5 Å². The summed E-state index contributed by atoms with van der Waals surface area (Å²) in [5.74, 6) is 0. The Morgan fingerprint density at radius 2 is 1.89 bits per heavy atom.